The van der Waals surface area contributed by atoms with E-state index in [1.807, 2.05) is 32.0 Å². The molecule has 0 N–H and O–H groups in total. The standard InChI is InChI=1S/C21H15N3O4/c1-12-6-7-15(13(2)8-12)11-22-23-20(25)17-5-3-4-14-9-16(24(27)28)10-18(19(14)17)21(23)26/h3-11H,1-2H3/b22-11-. The van der Waals surface area contributed by atoms with Gasteiger partial charge in [0, 0.05) is 17.5 Å². The molecule has 0 aromatic heterocycles. The van der Waals surface area contributed by atoms with Crippen LogP contribution in [0.25, 0.3) is 10.8 Å². The number of carbonyl (C=O) groups is 2. The van der Waals surface area contributed by atoms with Crippen molar-refractivity contribution in [3.8, 4) is 0 Å². The molecule has 2 amide bonds. The van der Waals surface area contributed by atoms with E-state index < -0.39 is 16.7 Å². The van der Waals surface area contributed by atoms with Gasteiger partial charge in [0.15, 0.2) is 0 Å². The quantitative estimate of drug-likeness (QED) is 0.300. The Morgan fingerprint density at radius 2 is 1.75 bits per heavy atom. The molecule has 0 bridgehead atoms. The molecule has 138 valence electrons. The van der Waals surface area contributed by atoms with Crippen molar-refractivity contribution in [2.45, 2.75) is 13.8 Å². The molecule has 0 spiro atoms. The average molecular weight is 373 g/mol. The summed E-state index contributed by atoms with van der Waals surface area (Å²) in [5.41, 5.74) is 3.00. The van der Waals surface area contributed by atoms with Crippen molar-refractivity contribution in [1.82, 2.24) is 5.01 Å². The molecule has 28 heavy (non-hydrogen) atoms. The molecular weight excluding hydrogens is 358 g/mol. The lowest BCUT2D eigenvalue weighted by Crippen LogP contribution is -2.36. The lowest BCUT2D eigenvalue weighted by Gasteiger charge is -2.23. The molecule has 0 radical (unpaired) electrons. The van der Waals surface area contributed by atoms with Gasteiger partial charge >= 0.3 is 0 Å². The highest BCUT2D eigenvalue weighted by atomic mass is 16.6. The van der Waals surface area contributed by atoms with E-state index >= 15 is 0 Å². The Hall–Kier alpha value is -3.87. The van der Waals surface area contributed by atoms with E-state index in [1.165, 1.54) is 18.3 Å². The number of benzene rings is 3. The summed E-state index contributed by atoms with van der Waals surface area (Å²) in [4.78, 5) is 36.4. The normalized spacial score (nSPS) is 13.6. The first kappa shape index (κ1) is 17.5. The first-order valence-corrected chi connectivity index (χ1v) is 8.58. The SMILES string of the molecule is Cc1ccc(/C=N\N2C(=O)c3cccc4cc([N+](=O)[O-])cc(c34)C2=O)c(C)c1. The summed E-state index contributed by atoms with van der Waals surface area (Å²) in [6.07, 6.45) is 1.45. The van der Waals surface area contributed by atoms with E-state index in [2.05, 4.69) is 5.10 Å². The average Bonchev–Trinajstić information content (AvgIpc) is 2.66. The van der Waals surface area contributed by atoms with Crippen LogP contribution in [0.1, 0.15) is 37.4 Å². The Kier molecular flexibility index (Phi) is 4.00. The van der Waals surface area contributed by atoms with E-state index in [0.29, 0.717) is 16.3 Å². The lowest BCUT2D eigenvalue weighted by atomic mass is 9.94. The molecule has 1 heterocycles. The second-order valence-corrected chi connectivity index (χ2v) is 6.68. The van der Waals surface area contributed by atoms with Crippen LogP contribution in [0.3, 0.4) is 0 Å². The van der Waals surface area contributed by atoms with Crippen molar-refractivity contribution >= 4 is 34.5 Å². The number of nitro groups is 1. The van der Waals surface area contributed by atoms with Crippen LogP contribution in [-0.4, -0.2) is 28.0 Å². The minimum absolute atomic E-state index is 0.0946. The zero-order chi connectivity index (χ0) is 20.0. The van der Waals surface area contributed by atoms with Crippen LogP contribution in [0.5, 0.6) is 0 Å². The summed E-state index contributed by atoms with van der Waals surface area (Å²) in [6.45, 7) is 3.88. The maximum Gasteiger partial charge on any atom is 0.282 e. The number of nitro benzene ring substituents is 1. The van der Waals surface area contributed by atoms with Crippen molar-refractivity contribution in [3.63, 3.8) is 0 Å². The maximum atomic E-state index is 12.9. The largest absolute Gasteiger partial charge is 0.282 e. The van der Waals surface area contributed by atoms with Crippen molar-refractivity contribution in [2.75, 3.05) is 0 Å². The summed E-state index contributed by atoms with van der Waals surface area (Å²) in [5.74, 6) is -1.24. The molecule has 3 aromatic carbocycles. The van der Waals surface area contributed by atoms with Gasteiger partial charge < -0.3 is 0 Å². The van der Waals surface area contributed by atoms with Gasteiger partial charge in [-0.1, -0.05) is 35.9 Å². The van der Waals surface area contributed by atoms with E-state index in [9.17, 15) is 19.7 Å². The molecule has 3 aromatic rings. The third-order valence-electron chi connectivity index (χ3n) is 4.76. The van der Waals surface area contributed by atoms with Crippen molar-refractivity contribution in [3.05, 3.63) is 86.5 Å². The molecule has 0 atom stereocenters. The topological polar surface area (TPSA) is 92.9 Å². The fourth-order valence-corrected chi connectivity index (χ4v) is 3.38. The number of non-ortho nitro benzene ring substituents is 1. The molecule has 0 aliphatic carbocycles. The highest BCUT2D eigenvalue weighted by Gasteiger charge is 2.34. The first-order chi connectivity index (χ1) is 13.4. The summed E-state index contributed by atoms with van der Waals surface area (Å²) >= 11 is 0. The van der Waals surface area contributed by atoms with Gasteiger partial charge in [0.2, 0.25) is 0 Å². The molecule has 1 aliphatic rings. The maximum absolute atomic E-state index is 12.9. The molecule has 1 aliphatic heterocycles. The predicted molar refractivity (Wildman–Crippen MR) is 105 cm³/mol. The van der Waals surface area contributed by atoms with Gasteiger partial charge in [-0.25, -0.2) is 0 Å². The Balaban J connectivity index is 1.83. The Bertz CT molecular complexity index is 1210. The van der Waals surface area contributed by atoms with Crippen molar-refractivity contribution in [2.24, 2.45) is 5.10 Å². The summed E-state index contributed by atoms with van der Waals surface area (Å²) in [7, 11) is 0. The second-order valence-electron chi connectivity index (χ2n) is 6.68. The molecule has 0 saturated heterocycles. The van der Waals surface area contributed by atoms with Crippen LogP contribution in [-0.2, 0) is 0 Å². The minimum Gasteiger partial charge on any atom is -0.267 e. The monoisotopic (exact) mass is 373 g/mol. The number of aryl methyl sites for hydroxylation is 2. The van der Waals surface area contributed by atoms with Crippen LogP contribution in [0, 0.1) is 24.0 Å². The summed E-state index contributed by atoms with van der Waals surface area (Å²) in [5, 5.41) is 17.0. The van der Waals surface area contributed by atoms with Gasteiger partial charge in [0.25, 0.3) is 17.5 Å². The molecule has 0 saturated carbocycles. The van der Waals surface area contributed by atoms with Gasteiger partial charge in [-0.15, -0.1) is 0 Å². The van der Waals surface area contributed by atoms with Gasteiger partial charge in [-0.05, 0) is 36.4 Å². The van der Waals surface area contributed by atoms with Crippen LogP contribution < -0.4 is 0 Å². The number of hydrazone groups is 1. The van der Waals surface area contributed by atoms with Gasteiger partial charge in [0.05, 0.1) is 22.3 Å². The Labute approximate surface area is 160 Å². The molecule has 0 fully saturated rings. The van der Waals surface area contributed by atoms with Crippen LogP contribution in [0.2, 0.25) is 0 Å². The number of nitrogens with zero attached hydrogens (tertiary/aromatic N) is 3. The molecule has 4 rings (SSSR count). The van der Waals surface area contributed by atoms with E-state index in [4.69, 9.17) is 0 Å². The van der Waals surface area contributed by atoms with E-state index in [0.717, 1.165) is 21.7 Å². The van der Waals surface area contributed by atoms with Crippen LogP contribution in [0.15, 0.2) is 53.6 Å². The number of rotatable bonds is 3. The van der Waals surface area contributed by atoms with Crippen molar-refractivity contribution < 1.29 is 14.5 Å². The molecular formula is C21H15N3O4. The fourth-order valence-electron chi connectivity index (χ4n) is 3.38. The third-order valence-corrected chi connectivity index (χ3v) is 4.76. The zero-order valence-electron chi connectivity index (χ0n) is 15.2. The van der Waals surface area contributed by atoms with Gasteiger partial charge in [-0.3, -0.25) is 19.7 Å². The predicted octanol–water partition coefficient (Wildman–Crippen LogP) is 3.99. The number of carbonyl (C=O) groups excluding carboxylic acids is 2. The van der Waals surface area contributed by atoms with Gasteiger partial charge in [-0.2, -0.15) is 10.1 Å². The van der Waals surface area contributed by atoms with Crippen molar-refractivity contribution in [1.29, 1.82) is 0 Å². The highest BCUT2D eigenvalue weighted by molar-refractivity contribution is 6.25. The first-order valence-electron chi connectivity index (χ1n) is 8.58. The summed E-state index contributed by atoms with van der Waals surface area (Å²) in [6, 6.07) is 13.2. The van der Waals surface area contributed by atoms with E-state index in [1.54, 1.807) is 18.2 Å². The smallest absolute Gasteiger partial charge is 0.267 e. The fraction of sp³-hybridized carbons (Fsp3) is 0.0952. The minimum atomic E-state index is -0.682. The summed E-state index contributed by atoms with van der Waals surface area (Å²) < 4.78 is 0. The molecule has 0 unspecified atom stereocenters. The Morgan fingerprint density at radius 1 is 1.00 bits per heavy atom. The molecule has 7 nitrogen and oxygen atoms in total. The lowest BCUT2D eigenvalue weighted by molar-refractivity contribution is -0.384. The number of imide groups is 1. The number of amides is 2. The zero-order valence-corrected chi connectivity index (χ0v) is 15.2. The van der Waals surface area contributed by atoms with Gasteiger partial charge in [0.1, 0.15) is 0 Å². The molecule has 7 heteroatoms. The van der Waals surface area contributed by atoms with Crippen LogP contribution >= 0.6 is 0 Å². The highest BCUT2D eigenvalue weighted by Crippen LogP contribution is 2.33. The van der Waals surface area contributed by atoms with Crippen LogP contribution in [0.4, 0.5) is 5.69 Å². The number of hydrogen-bond acceptors (Lipinski definition) is 5. The third kappa shape index (κ3) is 2.73. The Morgan fingerprint density at radius 3 is 2.46 bits per heavy atom. The van der Waals surface area contributed by atoms with E-state index in [-0.39, 0.29) is 11.3 Å². The second kappa shape index (κ2) is 6.38. The number of hydrogen-bond donors (Lipinski definition) is 0.